The number of hydrogen-bond acceptors (Lipinski definition) is 2. The van der Waals surface area contributed by atoms with Crippen LogP contribution in [-0.4, -0.2) is 33.9 Å². The third-order valence-electron chi connectivity index (χ3n) is 6.25. The van der Waals surface area contributed by atoms with Gasteiger partial charge in [-0.25, -0.2) is 0 Å². The van der Waals surface area contributed by atoms with Crippen molar-refractivity contribution in [1.82, 2.24) is 14.8 Å². The number of hydrogen-bond donors (Lipinski definition) is 1. The second kappa shape index (κ2) is 8.62. The van der Waals surface area contributed by atoms with Gasteiger partial charge in [-0.3, -0.25) is 9.59 Å². The lowest BCUT2D eigenvalue weighted by atomic mass is 9.87. The summed E-state index contributed by atoms with van der Waals surface area (Å²) in [6.07, 6.45) is 6.88. The molecule has 0 spiro atoms. The molecule has 29 heavy (non-hydrogen) atoms. The summed E-state index contributed by atoms with van der Waals surface area (Å²) in [6.45, 7) is 3.06. The second-order valence-corrected chi connectivity index (χ2v) is 8.83. The van der Waals surface area contributed by atoms with E-state index in [1.807, 2.05) is 47.2 Å². The number of halogens is 1. The molecule has 0 bridgehead atoms. The average molecular weight is 414 g/mol. The van der Waals surface area contributed by atoms with Crippen molar-refractivity contribution in [2.45, 2.75) is 57.7 Å². The molecule has 1 saturated carbocycles. The van der Waals surface area contributed by atoms with Crippen molar-refractivity contribution in [2.24, 2.45) is 5.92 Å². The number of nitrogens with one attached hydrogen (secondary N) is 1. The molecule has 0 saturated heterocycles. The number of amides is 2. The standard InChI is InChI=1S/C23H28ClN3O2/c1-16-4-10-19(11-5-16)25-23(29)22-20-3-2-13-26(20)15-21(28)27(22)14-12-17-6-8-18(24)9-7-17/h2-3,6-9,13,16,19,22H,4-5,10-12,14-15H2,1H3,(H,25,29). The first-order chi connectivity index (χ1) is 14.0. The molecule has 1 fully saturated rings. The molecule has 1 aliphatic heterocycles. The summed E-state index contributed by atoms with van der Waals surface area (Å²) < 4.78 is 1.90. The summed E-state index contributed by atoms with van der Waals surface area (Å²) in [5, 5.41) is 3.93. The van der Waals surface area contributed by atoms with Crippen molar-refractivity contribution < 1.29 is 9.59 Å². The molecule has 1 unspecified atom stereocenters. The molecule has 6 heteroatoms. The number of carbonyl (C=O) groups is 2. The zero-order valence-electron chi connectivity index (χ0n) is 16.8. The Balaban J connectivity index is 1.51. The van der Waals surface area contributed by atoms with Gasteiger partial charge in [0.25, 0.3) is 0 Å². The molecular formula is C23H28ClN3O2. The van der Waals surface area contributed by atoms with Crippen molar-refractivity contribution >= 4 is 23.4 Å². The van der Waals surface area contributed by atoms with E-state index >= 15 is 0 Å². The molecule has 4 rings (SSSR count). The van der Waals surface area contributed by atoms with Crippen LogP contribution in [0.1, 0.15) is 49.9 Å². The third kappa shape index (κ3) is 4.50. The monoisotopic (exact) mass is 413 g/mol. The molecule has 2 aromatic rings. The maximum absolute atomic E-state index is 13.3. The Kier molecular flexibility index (Phi) is 5.95. The Hall–Kier alpha value is -2.27. The van der Waals surface area contributed by atoms with Gasteiger partial charge in [-0.05, 0) is 67.9 Å². The topological polar surface area (TPSA) is 54.3 Å². The van der Waals surface area contributed by atoms with E-state index in [2.05, 4.69) is 12.2 Å². The van der Waals surface area contributed by atoms with Gasteiger partial charge in [0.1, 0.15) is 6.54 Å². The van der Waals surface area contributed by atoms with E-state index in [1.165, 1.54) is 0 Å². The molecule has 0 radical (unpaired) electrons. The first kappa shape index (κ1) is 20.0. The Labute approximate surface area is 177 Å². The summed E-state index contributed by atoms with van der Waals surface area (Å²) >= 11 is 5.97. The maximum atomic E-state index is 13.3. The van der Waals surface area contributed by atoms with Crippen molar-refractivity contribution in [2.75, 3.05) is 6.54 Å². The van der Waals surface area contributed by atoms with E-state index in [0.29, 0.717) is 18.0 Å². The molecule has 1 atom stereocenters. The third-order valence-corrected chi connectivity index (χ3v) is 6.50. The first-order valence-electron chi connectivity index (χ1n) is 10.5. The number of carbonyl (C=O) groups excluding carboxylic acids is 2. The van der Waals surface area contributed by atoms with E-state index in [1.54, 1.807) is 4.90 Å². The molecule has 2 aliphatic rings. The van der Waals surface area contributed by atoms with Crippen molar-refractivity contribution in [3.8, 4) is 0 Å². The summed E-state index contributed by atoms with van der Waals surface area (Å²) in [5.74, 6) is 0.654. The van der Waals surface area contributed by atoms with Crippen LogP contribution in [0.2, 0.25) is 5.02 Å². The van der Waals surface area contributed by atoms with E-state index in [0.717, 1.165) is 42.9 Å². The molecule has 2 heterocycles. The van der Waals surface area contributed by atoms with Crippen LogP contribution >= 0.6 is 11.6 Å². The van der Waals surface area contributed by atoms with Gasteiger partial charge in [0.15, 0.2) is 6.04 Å². The number of aromatic nitrogens is 1. The fraction of sp³-hybridized carbons (Fsp3) is 0.478. The van der Waals surface area contributed by atoms with Crippen LogP contribution in [0.25, 0.3) is 0 Å². The van der Waals surface area contributed by atoms with Crippen LogP contribution in [0.15, 0.2) is 42.6 Å². The highest BCUT2D eigenvalue weighted by atomic mass is 35.5. The average Bonchev–Trinajstić information content (AvgIpc) is 3.16. The molecule has 1 N–H and O–H groups in total. The van der Waals surface area contributed by atoms with Gasteiger partial charge in [-0.2, -0.15) is 0 Å². The summed E-state index contributed by atoms with van der Waals surface area (Å²) in [6, 6.07) is 11.1. The zero-order valence-corrected chi connectivity index (χ0v) is 17.6. The Bertz CT molecular complexity index is 869. The molecular weight excluding hydrogens is 386 g/mol. The van der Waals surface area contributed by atoms with Gasteiger partial charge >= 0.3 is 0 Å². The van der Waals surface area contributed by atoms with E-state index in [-0.39, 0.29) is 24.4 Å². The largest absolute Gasteiger partial charge is 0.351 e. The molecule has 1 aliphatic carbocycles. The molecule has 1 aromatic heterocycles. The highest BCUT2D eigenvalue weighted by Gasteiger charge is 2.38. The van der Waals surface area contributed by atoms with Crippen molar-refractivity contribution in [3.05, 3.63) is 58.9 Å². The smallest absolute Gasteiger partial charge is 0.249 e. The normalized spacial score (nSPS) is 24.3. The summed E-state index contributed by atoms with van der Waals surface area (Å²) in [5.41, 5.74) is 1.99. The van der Waals surface area contributed by atoms with Crippen molar-refractivity contribution in [1.29, 1.82) is 0 Å². The van der Waals surface area contributed by atoms with Crippen LogP contribution in [0.3, 0.4) is 0 Å². The Morgan fingerprint density at radius 3 is 2.59 bits per heavy atom. The molecule has 2 amide bonds. The first-order valence-corrected chi connectivity index (χ1v) is 10.9. The second-order valence-electron chi connectivity index (χ2n) is 8.39. The van der Waals surface area contributed by atoms with Gasteiger partial charge in [0.05, 0.1) is 5.69 Å². The van der Waals surface area contributed by atoms with Crippen LogP contribution in [-0.2, 0) is 22.6 Å². The Morgan fingerprint density at radius 1 is 1.14 bits per heavy atom. The van der Waals surface area contributed by atoms with Crippen molar-refractivity contribution in [3.63, 3.8) is 0 Å². The predicted octanol–water partition coefficient (Wildman–Crippen LogP) is 3.96. The number of fused-ring (bicyclic) bond motifs is 1. The molecule has 154 valence electrons. The van der Waals surface area contributed by atoms with Gasteiger partial charge in [0.2, 0.25) is 11.8 Å². The minimum atomic E-state index is -0.571. The molecule has 5 nitrogen and oxygen atoms in total. The minimum Gasteiger partial charge on any atom is -0.351 e. The van der Waals surface area contributed by atoms with Gasteiger partial charge in [-0.15, -0.1) is 0 Å². The van der Waals surface area contributed by atoms with E-state index in [9.17, 15) is 9.59 Å². The zero-order chi connectivity index (χ0) is 20.4. The highest BCUT2D eigenvalue weighted by molar-refractivity contribution is 6.30. The lowest BCUT2D eigenvalue weighted by molar-refractivity contribution is -0.144. The quantitative estimate of drug-likeness (QED) is 0.806. The summed E-state index contributed by atoms with van der Waals surface area (Å²) in [4.78, 5) is 27.9. The fourth-order valence-electron chi connectivity index (χ4n) is 4.47. The van der Waals surface area contributed by atoms with Crippen LogP contribution in [0.4, 0.5) is 0 Å². The maximum Gasteiger partial charge on any atom is 0.249 e. The molecule has 1 aromatic carbocycles. The van der Waals surface area contributed by atoms with Crippen LogP contribution in [0, 0.1) is 5.92 Å². The fourth-order valence-corrected chi connectivity index (χ4v) is 4.60. The van der Waals surface area contributed by atoms with Gasteiger partial charge < -0.3 is 14.8 Å². The highest BCUT2D eigenvalue weighted by Crippen LogP contribution is 2.29. The van der Waals surface area contributed by atoms with E-state index in [4.69, 9.17) is 11.6 Å². The lowest BCUT2D eigenvalue weighted by Gasteiger charge is -2.37. The van der Waals surface area contributed by atoms with Crippen LogP contribution < -0.4 is 5.32 Å². The van der Waals surface area contributed by atoms with Gasteiger partial charge in [-0.1, -0.05) is 30.7 Å². The Morgan fingerprint density at radius 2 is 1.86 bits per heavy atom. The van der Waals surface area contributed by atoms with E-state index < -0.39 is 6.04 Å². The number of rotatable bonds is 5. The van der Waals surface area contributed by atoms with Gasteiger partial charge in [0, 0.05) is 23.8 Å². The minimum absolute atomic E-state index is 0.0138. The number of nitrogens with zero attached hydrogens (tertiary/aromatic N) is 2. The lowest BCUT2D eigenvalue weighted by Crippen LogP contribution is -2.51. The summed E-state index contributed by atoms with van der Waals surface area (Å²) in [7, 11) is 0. The number of benzene rings is 1. The predicted molar refractivity (Wildman–Crippen MR) is 114 cm³/mol. The SMILES string of the molecule is CC1CCC(NC(=O)C2c3cccn3CC(=O)N2CCc2ccc(Cl)cc2)CC1. The van der Waals surface area contributed by atoms with Crippen LogP contribution in [0.5, 0.6) is 0 Å².